The van der Waals surface area contributed by atoms with Crippen LogP contribution in [-0.2, 0) is 0 Å². The summed E-state index contributed by atoms with van der Waals surface area (Å²) in [5.74, 6) is -2.40. The molecule has 2 N–H and O–H groups in total. The molecule has 4 nitrogen and oxygen atoms in total. The Hall–Kier alpha value is -3.11. The van der Waals surface area contributed by atoms with E-state index in [0.29, 0.717) is 5.02 Å². The average Bonchev–Trinajstić information content (AvgIpc) is 2.74. The zero-order chi connectivity index (χ0) is 21.8. The van der Waals surface area contributed by atoms with E-state index < -0.39 is 17.8 Å². The molecule has 3 rings (SSSR count). The van der Waals surface area contributed by atoms with E-state index >= 15 is 0 Å². The Labute approximate surface area is 180 Å². The molecular weight excluding hydrogens is 400 g/mol. The molecule has 0 saturated heterocycles. The molecule has 0 saturated carbocycles. The summed E-state index contributed by atoms with van der Waals surface area (Å²) in [6.07, 6.45) is 0. The summed E-state index contributed by atoms with van der Waals surface area (Å²) < 4.78 is 0. The first kappa shape index (κ1) is 21.6. The number of hydrogen-bond donors (Lipinski definition) is 2. The largest absolute Gasteiger partial charge is 0.507 e. The van der Waals surface area contributed by atoms with E-state index in [0.717, 1.165) is 5.56 Å². The maximum Gasteiger partial charge on any atom is 0.170 e. The van der Waals surface area contributed by atoms with Gasteiger partial charge in [0, 0.05) is 22.8 Å². The Morgan fingerprint density at radius 3 is 1.50 bits per heavy atom. The van der Waals surface area contributed by atoms with Gasteiger partial charge in [-0.25, -0.2) is 0 Å². The Morgan fingerprint density at radius 2 is 1.10 bits per heavy atom. The molecule has 0 aliphatic rings. The number of carbonyl (C=O) groups is 2. The fraction of sp³-hybridized carbons (Fsp3) is 0.200. The van der Waals surface area contributed by atoms with Crippen LogP contribution in [-0.4, -0.2) is 21.8 Å². The number of aromatic hydroxyl groups is 2. The van der Waals surface area contributed by atoms with Crippen LogP contribution in [0.4, 0.5) is 0 Å². The van der Waals surface area contributed by atoms with Gasteiger partial charge in [0.2, 0.25) is 0 Å². The molecule has 0 aliphatic heterocycles. The van der Waals surface area contributed by atoms with E-state index in [4.69, 9.17) is 11.6 Å². The molecule has 0 spiro atoms. The smallest absolute Gasteiger partial charge is 0.170 e. The van der Waals surface area contributed by atoms with Crippen LogP contribution < -0.4 is 0 Å². The highest BCUT2D eigenvalue weighted by atomic mass is 35.5. The molecule has 0 bridgehead atoms. The highest BCUT2D eigenvalue weighted by Gasteiger charge is 2.35. The molecule has 0 unspecified atom stereocenters. The predicted octanol–water partition coefficient (Wildman–Crippen LogP) is 5.87. The normalized spacial score (nSPS) is 13.1. The fourth-order valence-electron chi connectivity index (χ4n) is 3.88. The third-order valence-corrected chi connectivity index (χ3v) is 5.75. The van der Waals surface area contributed by atoms with Gasteiger partial charge in [0.1, 0.15) is 11.5 Å². The first-order valence-corrected chi connectivity index (χ1v) is 10.1. The molecule has 0 heterocycles. The van der Waals surface area contributed by atoms with Crippen LogP contribution in [0.3, 0.4) is 0 Å². The molecule has 154 valence electrons. The van der Waals surface area contributed by atoms with Crippen LogP contribution in [0.2, 0.25) is 5.02 Å². The monoisotopic (exact) mass is 422 g/mol. The van der Waals surface area contributed by atoms with E-state index in [1.54, 1.807) is 74.5 Å². The number of rotatable bonds is 7. The summed E-state index contributed by atoms with van der Waals surface area (Å²) >= 11 is 6.03. The second kappa shape index (κ2) is 9.14. The van der Waals surface area contributed by atoms with Crippen LogP contribution in [0, 0.1) is 11.8 Å². The van der Waals surface area contributed by atoms with E-state index in [-0.39, 0.29) is 34.2 Å². The van der Waals surface area contributed by atoms with E-state index in [1.165, 1.54) is 12.1 Å². The van der Waals surface area contributed by atoms with Crippen LogP contribution >= 0.6 is 11.6 Å². The quantitative estimate of drug-likeness (QED) is 0.467. The Bertz CT molecular complexity index is 995. The zero-order valence-electron chi connectivity index (χ0n) is 16.7. The topological polar surface area (TPSA) is 74.6 Å². The third kappa shape index (κ3) is 4.39. The molecule has 3 aromatic carbocycles. The molecule has 5 heteroatoms. The maximum absolute atomic E-state index is 13.2. The zero-order valence-corrected chi connectivity index (χ0v) is 17.5. The minimum Gasteiger partial charge on any atom is -0.507 e. The minimum atomic E-state index is -0.607. The predicted molar refractivity (Wildman–Crippen MR) is 117 cm³/mol. The first-order valence-electron chi connectivity index (χ1n) is 9.71. The highest BCUT2D eigenvalue weighted by Crippen LogP contribution is 2.38. The molecule has 0 aliphatic carbocycles. The third-order valence-electron chi connectivity index (χ3n) is 5.50. The van der Waals surface area contributed by atoms with E-state index in [9.17, 15) is 19.8 Å². The SMILES string of the molecule is C[C@@H](C(=O)c1ccccc1O)C(c1ccc(Cl)cc1)[C@@H](C)C(=O)c1ccccc1O. The van der Waals surface area contributed by atoms with Gasteiger partial charge >= 0.3 is 0 Å². The first-order chi connectivity index (χ1) is 14.3. The van der Waals surface area contributed by atoms with Crippen molar-refractivity contribution in [3.05, 3.63) is 94.5 Å². The van der Waals surface area contributed by atoms with Gasteiger partial charge in [0.15, 0.2) is 11.6 Å². The Balaban J connectivity index is 2.03. The molecule has 0 amide bonds. The van der Waals surface area contributed by atoms with Crippen LogP contribution in [0.25, 0.3) is 0 Å². The second-order valence-electron chi connectivity index (χ2n) is 7.42. The summed E-state index contributed by atoms with van der Waals surface area (Å²) in [6, 6.07) is 19.8. The maximum atomic E-state index is 13.2. The molecule has 2 atom stereocenters. The number of phenolic OH excluding ortho intramolecular Hbond substituents is 2. The highest BCUT2D eigenvalue weighted by molar-refractivity contribution is 6.30. The van der Waals surface area contributed by atoms with Gasteiger partial charge in [-0.15, -0.1) is 0 Å². The number of hydrogen-bond acceptors (Lipinski definition) is 4. The van der Waals surface area contributed by atoms with Crippen molar-refractivity contribution in [2.24, 2.45) is 11.8 Å². The summed E-state index contributed by atoms with van der Waals surface area (Å²) in [6.45, 7) is 3.51. The van der Waals surface area contributed by atoms with Gasteiger partial charge in [-0.1, -0.05) is 61.8 Å². The van der Waals surface area contributed by atoms with Gasteiger partial charge in [0.25, 0.3) is 0 Å². The number of phenols is 2. The molecule has 30 heavy (non-hydrogen) atoms. The fourth-order valence-corrected chi connectivity index (χ4v) is 4.00. The van der Waals surface area contributed by atoms with E-state index in [1.807, 2.05) is 0 Å². The Kier molecular flexibility index (Phi) is 6.58. The number of Topliss-reactive ketones (excluding diaryl/α,β-unsaturated/α-hetero) is 2. The van der Waals surface area contributed by atoms with Gasteiger partial charge in [-0.2, -0.15) is 0 Å². The van der Waals surface area contributed by atoms with Crippen molar-refractivity contribution in [2.75, 3.05) is 0 Å². The van der Waals surface area contributed by atoms with Gasteiger partial charge < -0.3 is 10.2 Å². The number of benzene rings is 3. The lowest BCUT2D eigenvalue weighted by Crippen LogP contribution is -2.29. The van der Waals surface area contributed by atoms with Gasteiger partial charge in [0.05, 0.1) is 11.1 Å². The van der Waals surface area contributed by atoms with Crippen LogP contribution in [0.5, 0.6) is 11.5 Å². The van der Waals surface area contributed by atoms with Crippen molar-refractivity contribution < 1.29 is 19.8 Å². The van der Waals surface area contributed by atoms with Crippen molar-refractivity contribution in [1.29, 1.82) is 0 Å². The number of carbonyl (C=O) groups excluding carboxylic acids is 2. The molecule has 0 radical (unpaired) electrons. The van der Waals surface area contributed by atoms with Crippen LogP contribution in [0.15, 0.2) is 72.8 Å². The summed E-state index contributed by atoms with van der Waals surface area (Å²) in [4.78, 5) is 26.5. The van der Waals surface area contributed by atoms with Crippen molar-refractivity contribution in [1.82, 2.24) is 0 Å². The van der Waals surface area contributed by atoms with Gasteiger partial charge in [-0.05, 0) is 42.0 Å². The summed E-state index contributed by atoms with van der Waals surface area (Å²) in [7, 11) is 0. The lowest BCUT2D eigenvalue weighted by molar-refractivity contribution is 0.0834. The molecular formula is C25H23ClO4. The van der Waals surface area contributed by atoms with Crippen LogP contribution in [0.1, 0.15) is 46.0 Å². The minimum absolute atomic E-state index is 0.0936. The second-order valence-corrected chi connectivity index (χ2v) is 7.85. The summed E-state index contributed by atoms with van der Waals surface area (Å²) in [5, 5.41) is 20.8. The van der Waals surface area contributed by atoms with Crippen molar-refractivity contribution in [3.8, 4) is 11.5 Å². The van der Waals surface area contributed by atoms with Crippen molar-refractivity contribution in [3.63, 3.8) is 0 Å². The summed E-state index contributed by atoms with van der Waals surface area (Å²) in [5.41, 5.74) is 1.21. The lowest BCUT2D eigenvalue weighted by atomic mass is 9.73. The number of ketones is 2. The number of halogens is 1. The molecule has 0 aromatic heterocycles. The molecule has 0 fully saturated rings. The average molecular weight is 423 g/mol. The standard InChI is InChI=1S/C25H23ClO4/c1-15(24(29)19-7-3-5-9-21(19)27)23(17-11-13-18(26)14-12-17)16(2)25(30)20-8-4-6-10-22(20)28/h3-16,23,27-28H,1-2H3/t15-,16-/m1/s1. The van der Waals surface area contributed by atoms with Crippen molar-refractivity contribution in [2.45, 2.75) is 19.8 Å². The van der Waals surface area contributed by atoms with E-state index in [2.05, 4.69) is 0 Å². The van der Waals surface area contributed by atoms with Crippen molar-refractivity contribution >= 4 is 23.2 Å². The number of para-hydroxylation sites is 2. The lowest BCUT2D eigenvalue weighted by Gasteiger charge is -2.29. The Morgan fingerprint density at radius 1 is 0.700 bits per heavy atom. The van der Waals surface area contributed by atoms with Gasteiger partial charge in [-0.3, -0.25) is 9.59 Å². The molecule has 3 aromatic rings.